The number of amides is 1. The first-order valence-corrected chi connectivity index (χ1v) is 8.42. The van der Waals surface area contributed by atoms with Gasteiger partial charge in [-0.1, -0.05) is 6.08 Å². The quantitative estimate of drug-likeness (QED) is 0.584. The minimum atomic E-state index is -1.03. The number of pyridine rings is 1. The lowest BCUT2D eigenvalue weighted by Gasteiger charge is -2.23. The molecule has 0 saturated carbocycles. The van der Waals surface area contributed by atoms with Gasteiger partial charge in [0.25, 0.3) is 0 Å². The smallest absolute Gasteiger partial charge is 0.408 e. The molecule has 0 unspecified atom stereocenters. The number of carbonyl (C=O) groups is 1. The van der Waals surface area contributed by atoms with Crippen LogP contribution < -0.4 is 11.1 Å². The number of alkyl carbamates (subject to hydrolysis) is 1. The van der Waals surface area contributed by atoms with Crippen LogP contribution >= 0.6 is 0 Å². The molecule has 27 heavy (non-hydrogen) atoms. The molecule has 1 heterocycles. The van der Waals surface area contributed by atoms with E-state index in [1.165, 1.54) is 18.3 Å². The number of nitrogens with two attached hydrogens (primary N) is 1. The van der Waals surface area contributed by atoms with Crippen molar-refractivity contribution in [1.82, 2.24) is 10.3 Å². The van der Waals surface area contributed by atoms with Crippen molar-refractivity contribution >= 4 is 11.8 Å². The number of aromatic nitrogens is 1. The molecule has 1 atom stereocenters. The third-order valence-corrected chi connectivity index (χ3v) is 3.65. The van der Waals surface area contributed by atoms with E-state index < -0.39 is 29.4 Å². The topological polar surface area (TPSA) is 77.2 Å². The van der Waals surface area contributed by atoms with Crippen LogP contribution in [0.4, 0.5) is 19.3 Å². The van der Waals surface area contributed by atoms with Crippen LogP contribution in [-0.2, 0) is 4.74 Å². The summed E-state index contributed by atoms with van der Waals surface area (Å²) in [6, 6.07) is 4.81. The zero-order valence-corrected chi connectivity index (χ0v) is 15.6. The normalized spacial score (nSPS) is 12.3. The van der Waals surface area contributed by atoms with Gasteiger partial charge in [-0.3, -0.25) is 4.98 Å². The van der Waals surface area contributed by atoms with Gasteiger partial charge in [-0.25, -0.2) is 13.6 Å². The zero-order chi connectivity index (χ0) is 20.2. The Morgan fingerprint density at radius 3 is 2.70 bits per heavy atom. The molecule has 1 aromatic heterocycles. The minimum absolute atomic E-state index is 0.0479. The SMILES string of the molecule is C=CC[C@H](NC(=O)OC(C)(C)C)c1cc(-c2c(N)ccc(F)c2F)ccn1. The highest BCUT2D eigenvalue weighted by atomic mass is 19.2. The van der Waals surface area contributed by atoms with Gasteiger partial charge in [-0.15, -0.1) is 6.58 Å². The van der Waals surface area contributed by atoms with E-state index >= 15 is 0 Å². The van der Waals surface area contributed by atoms with Crippen molar-refractivity contribution in [3.63, 3.8) is 0 Å². The number of benzene rings is 1. The summed E-state index contributed by atoms with van der Waals surface area (Å²) in [5.41, 5.74) is 6.03. The standard InChI is InChI=1S/C20H23F2N3O2/c1-5-6-15(25-19(26)27-20(2,3)4)16-11-12(9-10-24-16)17-14(23)8-7-13(21)18(17)22/h5,7-11,15H,1,6,23H2,2-4H3,(H,25,26)/t15-/m0/s1. The fraction of sp³-hybridized carbons (Fsp3) is 0.300. The van der Waals surface area contributed by atoms with Gasteiger partial charge in [-0.05, 0) is 57.0 Å². The molecule has 144 valence electrons. The molecule has 5 nitrogen and oxygen atoms in total. The highest BCUT2D eigenvalue weighted by Crippen LogP contribution is 2.31. The highest BCUT2D eigenvalue weighted by Gasteiger charge is 2.22. The van der Waals surface area contributed by atoms with Crippen molar-refractivity contribution in [2.75, 3.05) is 5.73 Å². The Balaban J connectivity index is 2.37. The van der Waals surface area contributed by atoms with Gasteiger partial charge in [0.05, 0.1) is 11.7 Å². The van der Waals surface area contributed by atoms with Crippen molar-refractivity contribution in [3.8, 4) is 11.1 Å². The molecule has 0 aliphatic heterocycles. The first kappa shape index (κ1) is 20.4. The summed E-state index contributed by atoms with van der Waals surface area (Å²) in [5, 5.41) is 2.72. The molecule has 0 saturated heterocycles. The van der Waals surface area contributed by atoms with Gasteiger partial charge in [0.15, 0.2) is 11.6 Å². The number of carbonyl (C=O) groups excluding carboxylic acids is 1. The molecule has 1 aromatic carbocycles. The number of nitrogen functional groups attached to an aromatic ring is 1. The summed E-state index contributed by atoms with van der Waals surface area (Å²) in [6.45, 7) is 8.94. The first-order chi connectivity index (χ1) is 12.6. The Bertz CT molecular complexity index is 848. The second kappa shape index (κ2) is 8.16. The summed E-state index contributed by atoms with van der Waals surface area (Å²) < 4.78 is 33.1. The van der Waals surface area contributed by atoms with Crippen LogP contribution in [0.5, 0.6) is 0 Å². The Morgan fingerprint density at radius 2 is 2.07 bits per heavy atom. The largest absolute Gasteiger partial charge is 0.444 e. The Hall–Kier alpha value is -2.96. The van der Waals surface area contributed by atoms with E-state index in [9.17, 15) is 13.6 Å². The third kappa shape index (κ3) is 5.26. The molecule has 0 radical (unpaired) electrons. The molecular formula is C20H23F2N3O2. The Kier molecular flexibility index (Phi) is 6.15. The van der Waals surface area contributed by atoms with Crippen molar-refractivity contribution in [2.45, 2.75) is 38.8 Å². The molecule has 2 aromatic rings. The van der Waals surface area contributed by atoms with Gasteiger partial charge >= 0.3 is 6.09 Å². The number of halogens is 2. The molecule has 1 amide bonds. The number of hydrogen-bond acceptors (Lipinski definition) is 4. The Morgan fingerprint density at radius 1 is 1.37 bits per heavy atom. The van der Waals surface area contributed by atoms with Crippen molar-refractivity contribution < 1.29 is 18.3 Å². The monoisotopic (exact) mass is 375 g/mol. The summed E-state index contributed by atoms with van der Waals surface area (Å²) >= 11 is 0. The van der Waals surface area contributed by atoms with E-state index in [0.29, 0.717) is 17.7 Å². The summed E-state index contributed by atoms with van der Waals surface area (Å²) in [6.07, 6.45) is 2.82. The molecule has 7 heteroatoms. The number of nitrogens with one attached hydrogen (secondary N) is 1. The lowest BCUT2D eigenvalue weighted by atomic mass is 10.0. The van der Waals surface area contributed by atoms with E-state index in [2.05, 4.69) is 16.9 Å². The molecule has 0 spiro atoms. The molecular weight excluding hydrogens is 352 g/mol. The first-order valence-electron chi connectivity index (χ1n) is 8.42. The Labute approximate surface area is 157 Å². The maximum absolute atomic E-state index is 14.2. The predicted octanol–water partition coefficient (Wildman–Crippen LogP) is 4.75. The lowest BCUT2D eigenvalue weighted by molar-refractivity contribution is 0.0503. The number of ether oxygens (including phenoxy) is 1. The van der Waals surface area contributed by atoms with Crippen molar-refractivity contribution in [3.05, 3.63) is 60.4 Å². The predicted molar refractivity (Wildman–Crippen MR) is 101 cm³/mol. The second-order valence-electron chi connectivity index (χ2n) is 7.02. The van der Waals surface area contributed by atoms with Crippen molar-refractivity contribution in [1.29, 1.82) is 0 Å². The summed E-state index contributed by atoms with van der Waals surface area (Å²) in [4.78, 5) is 16.3. The number of anilines is 1. The fourth-order valence-electron chi connectivity index (χ4n) is 2.52. The van der Waals surface area contributed by atoms with Gasteiger partial charge in [0.1, 0.15) is 5.60 Å². The highest BCUT2D eigenvalue weighted by molar-refractivity contribution is 5.77. The van der Waals surface area contributed by atoms with Crippen LogP contribution in [0.25, 0.3) is 11.1 Å². The van der Waals surface area contributed by atoms with Gasteiger partial charge in [0.2, 0.25) is 0 Å². The summed E-state index contributed by atoms with van der Waals surface area (Å²) in [5.74, 6) is -2.03. The van der Waals surface area contributed by atoms with Gasteiger partial charge in [-0.2, -0.15) is 0 Å². The van der Waals surface area contributed by atoms with E-state index in [4.69, 9.17) is 10.5 Å². The maximum atomic E-state index is 14.2. The average molecular weight is 375 g/mol. The van der Waals surface area contributed by atoms with Gasteiger partial charge in [0, 0.05) is 17.4 Å². The lowest BCUT2D eigenvalue weighted by Crippen LogP contribution is -2.35. The van der Waals surface area contributed by atoms with Crippen LogP contribution in [0.15, 0.2) is 43.1 Å². The number of nitrogens with zero attached hydrogens (tertiary/aromatic N) is 1. The van der Waals surface area contributed by atoms with Crippen LogP contribution in [-0.4, -0.2) is 16.7 Å². The van der Waals surface area contributed by atoms with Crippen LogP contribution in [0.3, 0.4) is 0 Å². The van der Waals surface area contributed by atoms with E-state index in [0.717, 1.165) is 6.07 Å². The fourth-order valence-corrected chi connectivity index (χ4v) is 2.52. The molecule has 0 aliphatic carbocycles. The molecule has 0 aliphatic rings. The average Bonchev–Trinajstić information content (AvgIpc) is 2.57. The third-order valence-electron chi connectivity index (χ3n) is 3.65. The van der Waals surface area contributed by atoms with E-state index in [1.54, 1.807) is 32.9 Å². The van der Waals surface area contributed by atoms with Crippen LogP contribution in [0.1, 0.15) is 38.9 Å². The summed E-state index contributed by atoms with van der Waals surface area (Å²) in [7, 11) is 0. The van der Waals surface area contributed by atoms with E-state index in [1.807, 2.05) is 0 Å². The van der Waals surface area contributed by atoms with Crippen molar-refractivity contribution in [2.24, 2.45) is 0 Å². The van der Waals surface area contributed by atoms with Crippen LogP contribution in [0.2, 0.25) is 0 Å². The van der Waals surface area contributed by atoms with E-state index in [-0.39, 0.29) is 11.3 Å². The molecule has 3 N–H and O–H groups in total. The van der Waals surface area contributed by atoms with Crippen LogP contribution in [0, 0.1) is 11.6 Å². The molecule has 2 rings (SSSR count). The minimum Gasteiger partial charge on any atom is -0.444 e. The second-order valence-corrected chi connectivity index (χ2v) is 7.02. The molecule has 0 bridgehead atoms. The zero-order valence-electron chi connectivity index (χ0n) is 15.6. The number of hydrogen-bond donors (Lipinski definition) is 2. The maximum Gasteiger partial charge on any atom is 0.408 e. The van der Waals surface area contributed by atoms with Gasteiger partial charge < -0.3 is 15.8 Å². The molecule has 0 fully saturated rings. The number of rotatable bonds is 5.